The van der Waals surface area contributed by atoms with Crippen LogP contribution in [0.5, 0.6) is 11.5 Å². The number of benzene rings is 1. The Balaban J connectivity index is 2.16. The minimum absolute atomic E-state index is 0.178. The summed E-state index contributed by atoms with van der Waals surface area (Å²) in [5.74, 6) is 2.34. The van der Waals surface area contributed by atoms with Gasteiger partial charge in [-0.15, -0.1) is 0 Å². The molecule has 120 valence electrons. The van der Waals surface area contributed by atoms with Gasteiger partial charge in [0, 0.05) is 24.7 Å². The van der Waals surface area contributed by atoms with Gasteiger partial charge in [-0.3, -0.25) is 4.79 Å². The van der Waals surface area contributed by atoms with E-state index in [0.29, 0.717) is 23.8 Å². The van der Waals surface area contributed by atoms with Crippen LogP contribution in [0.3, 0.4) is 0 Å². The number of hydrogen-bond donors (Lipinski definition) is 1. The molecule has 0 fully saturated rings. The Hall–Kier alpha value is -1.97. The highest BCUT2D eigenvalue weighted by molar-refractivity contribution is 5.92. The highest BCUT2D eigenvalue weighted by Gasteiger charge is 2.23. The molecule has 1 atom stereocenters. The van der Waals surface area contributed by atoms with Crippen LogP contribution in [-0.2, 0) is 4.79 Å². The van der Waals surface area contributed by atoms with Crippen molar-refractivity contribution in [2.24, 2.45) is 5.92 Å². The maximum absolute atomic E-state index is 12.0. The van der Waals surface area contributed by atoms with Gasteiger partial charge in [0.1, 0.15) is 0 Å². The minimum Gasteiger partial charge on any atom is -0.493 e. The number of nitrogens with one attached hydrogen (secondary N) is 1. The Bertz CT molecular complexity index is 563. The summed E-state index contributed by atoms with van der Waals surface area (Å²) in [6, 6.07) is 5.89. The van der Waals surface area contributed by atoms with Gasteiger partial charge in [-0.2, -0.15) is 0 Å². The molecule has 0 heterocycles. The molecule has 1 aliphatic rings. The Morgan fingerprint density at radius 1 is 1.18 bits per heavy atom. The van der Waals surface area contributed by atoms with Gasteiger partial charge in [0.2, 0.25) is 0 Å². The molecule has 4 nitrogen and oxygen atoms in total. The molecule has 1 unspecified atom stereocenters. The summed E-state index contributed by atoms with van der Waals surface area (Å²) >= 11 is 0. The van der Waals surface area contributed by atoms with E-state index in [-0.39, 0.29) is 11.7 Å². The van der Waals surface area contributed by atoms with E-state index in [9.17, 15) is 4.79 Å². The van der Waals surface area contributed by atoms with Crippen LogP contribution >= 0.6 is 0 Å². The first-order chi connectivity index (χ1) is 10.5. The predicted octanol–water partition coefficient (Wildman–Crippen LogP) is 3.28. The van der Waals surface area contributed by atoms with Crippen molar-refractivity contribution in [3.05, 3.63) is 35.5 Å². The van der Waals surface area contributed by atoms with Crippen molar-refractivity contribution in [3.63, 3.8) is 0 Å². The van der Waals surface area contributed by atoms with Crippen LogP contribution < -0.4 is 14.8 Å². The van der Waals surface area contributed by atoms with Crippen LogP contribution in [0.2, 0.25) is 0 Å². The standard InChI is InChI=1S/C18H25NO3/c1-12(2)11-19-15-7-14(8-16(20)10-15)13-5-6-17(21-3)18(9-13)22-4/h5-6,9-10,12,14,19H,7-8,11H2,1-4H3. The van der Waals surface area contributed by atoms with E-state index in [1.54, 1.807) is 20.3 Å². The van der Waals surface area contributed by atoms with E-state index in [1.807, 2.05) is 18.2 Å². The lowest BCUT2D eigenvalue weighted by Crippen LogP contribution is -2.25. The zero-order chi connectivity index (χ0) is 16.1. The number of methoxy groups -OCH3 is 2. The lowest BCUT2D eigenvalue weighted by Gasteiger charge is -2.24. The lowest BCUT2D eigenvalue weighted by molar-refractivity contribution is -0.115. The van der Waals surface area contributed by atoms with Crippen molar-refractivity contribution in [3.8, 4) is 11.5 Å². The summed E-state index contributed by atoms with van der Waals surface area (Å²) in [6.07, 6.45) is 3.15. The molecule has 0 aliphatic heterocycles. The van der Waals surface area contributed by atoms with Crippen molar-refractivity contribution in [2.45, 2.75) is 32.6 Å². The van der Waals surface area contributed by atoms with Crippen molar-refractivity contribution >= 4 is 5.78 Å². The van der Waals surface area contributed by atoms with Crippen LogP contribution in [0.1, 0.15) is 38.2 Å². The second kappa shape index (κ2) is 7.34. The number of ketones is 1. The minimum atomic E-state index is 0.178. The Kier molecular flexibility index (Phi) is 5.47. The van der Waals surface area contributed by atoms with Gasteiger partial charge in [0.05, 0.1) is 14.2 Å². The maximum atomic E-state index is 12.0. The fourth-order valence-corrected chi connectivity index (χ4v) is 2.69. The maximum Gasteiger partial charge on any atom is 0.160 e. The van der Waals surface area contributed by atoms with Crippen molar-refractivity contribution in [1.82, 2.24) is 5.32 Å². The van der Waals surface area contributed by atoms with E-state index in [2.05, 4.69) is 19.2 Å². The molecular formula is C18H25NO3. The summed E-state index contributed by atoms with van der Waals surface area (Å²) in [5.41, 5.74) is 2.15. The smallest absolute Gasteiger partial charge is 0.160 e. The second-order valence-electron chi connectivity index (χ2n) is 6.13. The Morgan fingerprint density at radius 2 is 1.91 bits per heavy atom. The summed E-state index contributed by atoms with van der Waals surface area (Å²) in [6.45, 7) is 5.20. The summed E-state index contributed by atoms with van der Waals surface area (Å²) < 4.78 is 10.6. The molecule has 1 aromatic rings. The third-order valence-corrected chi connectivity index (χ3v) is 3.87. The van der Waals surface area contributed by atoms with Crippen molar-refractivity contribution < 1.29 is 14.3 Å². The summed E-state index contributed by atoms with van der Waals surface area (Å²) in [5, 5.41) is 3.39. The molecule has 0 saturated carbocycles. The fourth-order valence-electron chi connectivity index (χ4n) is 2.69. The van der Waals surface area contributed by atoms with Gasteiger partial charge in [-0.25, -0.2) is 0 Å². The SMILES string of the molecule is COc1ccc(C2CC(=O)C=C(NCC(C)C)C2)cc1OC. The van der Waals surface area contributed by atoms with Gasteiger partial charge in [-0.05, 0) is 36.0 Å². The first kappa shape index (κ1) is 16.4. The van der Waals surface area contributed by atoms with Crippen LogP contribution in [0.25, 0.3) is 0 Å². The van der Waals surface area contributed by atoms with Crippen LogP contribution in [0, 0.1) is 5.92 Å². The average Bonchev–Trinajstić information content (AvgIpc) is 2.51. The molecule has 22 heavy (non-hydrogen) atoms. The third-order valence-electron chi connectivity index (χ3n) is 3.87. The first-order valence-electron chi connectivity index (χ1n) is 7.72. The number of allylic oxidation sites excluding steroid dienone is 2. The van der Waals surface area contributed by atoms with E-state index < -0.39 is 0 Å². The van der Waals surface area contributed by atoms with E-state index in [0.717, 1.165) is 24.2 Å². The summed E-state index contributed by atoms with van der Waals surface area (Å²) in [7, 11) is 3.25. The quantitative estimate of drug-likeness (QED) is 0.876. The highest BCUT2D eigenvalue weighted by Crippen LogP contribution is 2.36. The Morgan fingerprint density at radius 3 is 2.55 bits per heavy atom. The number of ether oxygens (including phenoxy) is 2. The number of carbonyl (C=O) groups excluding carboxylic acids is 1. The molecule has 1 aliphatic carbocycles. The van der Waals surface area contributed by atoms with E-state index >= 15 is 0 Å². The first-order valence-corrected chi connectivity index (χ1v) is 7.72. The van der Waals surface area contributed by atoms with Gasteiger partial charge in [0.25, 0.3) is 0 Å². The van der Waals surface area contributed by atoms with Crippen molar-refractivity contribution in [1.29, 1.82) is 0 Å². The zero-order valence-electron chi connectivity index (χ0n) is 13.8. The molecule has 0 saturated heterocycles. The molecule has 0 aromatic heterocycles. The second-order valence-corrected chi connectivity index (χ2v) is 6.13. The average molecular weight is 303 g/mol. The van der Waals surface area contributed by atoms with Crippen LogP contribution in [-0.4, -0.2) is 26.5 Å². The molecular weight excluding hydrogens is 278 g/mol. The molecule has 2 rings (SSSR count). The molecule has 1 aromatic carbocycles. The Labute approximate surface area is 132 Å². The van der Waals surface area contributed by atoms with Gasteiger partial charge in [0.15, 0.2) is 17.3 Å². The van der Waals surface area contributed by atoms with E-state index in [4.69, 9.17) is 9.47 Å². The lowest BCUT2D eigenvalue weighted by atomic mass is 9.85. The fraction of sp³-hybridized carbons (Fsp3) is 0.500. The van der Waals surface area contributed by atoms with Crippen LogP contribution in [0.15, 0.2) is 30.0 Å². The zero-order valence-corrected chi connectivity index (χ0v) is 13.8. The largest absolute Gasteiger partial charge is 0.493 e. The monoisotopic (exact) mass is 303 g/mol. The molecule has 0 bridgehead atoms. The molecule has 1 N–H and O–H groups in total. The van der Waals surface area contributed by atoms with Crippen molar-refractivity contribution in [2.75, 3.05) is 20.8 Å². The summed E-state index contributed by atoms with van der Waals surface area (Å²) in [4.78, 5) is 12.0. The van der Waals surface area contributed by atoms with E-state index in [1.165, 1.54) is 0 Å². The van der Waals surface area contributed by atoms with Gasteiger partial charge < -0.3 is 14.8 Å². The molecule has 0 amide bonds. The highest BCUT2D eigenvalue weighted by atomic mass is 16.5. The van der Waals surface area contributed by atoms with Gasteiger partial charge in [-0.1, -0.05) is 19.9 Å². The topological polar surface area (TPSA) is 47.6 Å². The molecule has 4 heteroatoms. The number of rotatable bonds is 6. The normalized spacial score (nSPS) is 18.1. The number of carbonyl (C=O) groups is 1. The van der Waals surface area contributed by atoms with Crippen LogP contribution in [0.4, 0.5) is 0 Å². The third kappa shape index (κ3) is 4.03. The molecule has 0 spiro atoms. The molecule has 0 radical (unpaired) electrons. The van der Waals surface area contributed by atoms with Gasteiger partial charge >= 0.3 is 0 Å². The predicted molar refractivity (Wildman–Crippen MR) is 87.5 cm³/mol. The number of hydrogen-bond acceptors (Lipinski definition) is 4.